The highest BCUT2D eigenvalue weighted by Gasteiger charge is 2.39. The van der Waals surface area contributed by atoms with Gasteiger partial charge in [0.25, 0.3) is 5.91 Å². The molecule has 0 spiro atoms. The van der Waals surface area contributed by atoms with Gasteiger partial charge >= 0.3 is 6.18 Å². The lowest BCUT2D eigenvalue weighted by Gasteiger charge is -2.30. The Morgan fingerprint density at radius 1 is 1.06 bits per heavy atom. The number of ether oxygens (including phenoxy) is 1. The van der Waals surface area contributed by atoms with E-state index in [0.29, 0.717) is 24.7 Å². The number of alkyl halides is 3. The number of carbonyl (C=O) groups is 1. The fourth-order valence-electron chi connectivity index (χ4n) is 4.68. The minimum atomic E-state index is -4.63. The molecule has 3 aromatic rings. The van der Waals surface area contributed by atoms with Gasteiger partial charge in [0.2, 0.25) is 0 Å². The van der Waals surface area contributed by atoms with E-state index in [9.17, 15) is 18.0 Å². The first-order chi connectivity index (χ1) is 16.7. The van der Waals surface area contributed by atoms with E-state index in [-0.39, 0.29) is 23.3 Å². The van der Waals surface area contributed by atoms with Crippen LogP contribution >= 0.6 is 11.6 Å². The third-order valence-electron chi connectivity index (χ3n) is 6.48. The third kappa shape index (κ3) is 5.63. The van der Waals surface area contributed by atoms with E-state index in [4.69, 9.17) is 16.3 Å². The van der Waals surface area contributed by atoms with E-state index in [1.165, 1.54) is 19.2 Å². The predicted octanol–water partition coefficient (Wildman–Crippen LogP) is 6.11. The minimum absolute atomic E-state index is 0.0229. The number of benzene rings is 3. The molecule has 1 aliphatic rings. The molecular weight excluding hydrogens is 477 g/mol. The fraction of sp³-hybridized carbons (Fsp3) is 0.296. The highest BCUT2D eigenvalue weighted by atomic mass is 35.5. The Balaban J connectivity index is 1.62. The second-order valence-corrected chi connectivity index (χ2v) is 9.17. The van der Waals surface area contributed by atoms with Crippen LogP contribution in [0.15, 0.2) is 72.8 Å². The van der Waals surface area contributed by atoms with Gasteiger partial charge in [0.05, 0.1) is 18.7 Å². The zero-order valence-electron chi connectivity index (χ0n) is 19.4. The molecule has 0 aliphatic carbocycles. The molecule has 0 unspecified atom stereocenters. The van der Waals surface area contributed by atoms with Gasteiger partial charge in [-0.25, -0.2) is 0 Å². The SMILES string of the molecule is COc1ccc(C(=O)N(C)[C@H]2CN(Cc3ccccc3)C[C@@H]2c2ccc(Cl)cc2)cc1C(F)(F)F. The highest BCUT2D eigenvalue weighted by Crippen LogP contribution is 2.38. The van der Waals surface area contributed by atoms with Crippen LogP contribution in [0.4, 0.5) is 13.2 Å². The Labute approximate surface area is 207 Å². The number of rotatable bonds is 6. The molecule has 1 heterocycles. The van der Waals surface area contributed by atoms with Crippen molar-refractivity contribution in [1.29, 1.82) is 0 Å². The van der Waals surface area contributed by atoms with Crippen LogP contribution in [0, 0.1) is 0 Å². The lowest BCUT2D eigenvalue weighted by atomic mass is 9.93. The largest absolute Gasteiger partial charge is 0.496 e. The van der Waals surface area contributed by atoms with Crippen molar-refractivity contribution in [2.45, 2.75) is 24.7 Å². The first-order valence-corrected chi connectivity index (χ1v) is 11.6. The molecule has 0 bridgehead atoms. The standard InChI is InChI=1S/C27H26ClF3N2O2/c1-32(26(34)20-10-13-25(35-2)23(14-20)27(29,30)31)24-17-33(15-18-6-4-3-5-7-18)16-22(24)19-8-11-21(28)12-9-19/h3-14,22,24H,15-17H2,1-2H3/t22-,24+/m1/s1. The van der Waals surface area contributed by atoms with Gasteiger partial charge in [-0.1, -0.05) is 54.1 Å². The number of hydrogen-bond donors (Lipinski definition) is 0. The van der Waals surface area contributed by atoms with Crippen molar-refractivity contribution < 1.29 is 22.7 Å². The Morgan fingerprint density at radius 3 is 2.37 bits per heavy atom. The number of likely N-dealkylation sites (N-methyl/N-ethyl adjacent to an activating group) is 1. The highest BCUT2D eigenvalue weighted by molar-refractivity contribution is 6.30. The van der Waals surface area contributed by atoms with Crippen LogP contribution in [-0.4, -0.2) is 49.0 Å². The molecule has 1 fully saturated rings. The van der Waals surface area contributed by atoms with Gasteiger partial charge in [0.1, 0.15) is 5.75 Å². The van der Waals surface area contributed by atoms with Crippen molar-refractivity contribution in [3.8, 4) is 5.75 Å². The first-order valence-electron chi connectivity index (χ1n) is 11.2. The number of carbonyl (C=O) groups excluding carboxylic acids is 1. The second-order valence-electron chi connectivity index (χ2n) is 8.73. The van der Waals surface area contributed by atoms with Crippen molar-refractivity contribution >= 4 is 17.5 Å². The Bertz CT molecular complexity index is 1170. The molecule has 2 atom stereocenters. The Kier molecular flexibility index (Phi) is 7.38. The summed E-state index contributed by atoms with van der Waals surface area (Å²) in [6.45, 7) is 2.01. The molecule has 35 heavy (non-hydrogen) atoms. The van der Waals surface area contributed by atoms with Gasteiger partial charge in [-0.05, 0) is 41.5 Å². The van der Waals surface area contributed by atoms with E-state index >= 15 is 0 Å². The summed E-state index contributed by atoms with van der Waals surface area (Å²) in [5.41, 5.74) is 1.19. The molecule has 4 rings (SSSR count). The van der Waals surface area contributed by atoms with Crippen LogP contribution in [-0.2, 0) is 12.7 Å². The Morgan fingerprint density at radius 2 is 1.74 bits per heavy atom. The zero-order chi connectivity index (χ0) is 25.2. The number of methoxy groups -OCH3 is 1. The van der Waals surface area contributed by atoms with Crippen molar-refractivity contribution in [2.24, 2.45) is 0 Å². The van der Waals surface area contributed by atoms with Gasteiger partial charge in [0, 0.05) is 43.2 Å². The normalized spacial score (nSPS) is 18.5. The molecule has 0 radical (unpaired) electrons. The molecule has 3 aromatic carbocycles. The summed E-state index contributed by atoms with van der Waals surface area (Å²) in [4.78, 5) is 17.2. The number of nitrogens with zero attached hydrogens (tertiary/aromatic N) is 2. The van der Waals surface area contributed by atoms with E-state index in [1.54, 1.807) is 11.9 Å². The van der Waals surface area contributed by atoms with Crippen LogP contribution in [0.3, 0.4) is 0 Å². The molecule has 0 saturated carbocycles. The van der Waals surface area contributed by atoms with Gasteiger partial charge in [-0.15, -0.1) is 0 Å². The summed E-state index contributed by atoms with van der Waals surface area (Å²) in [6.07, 6.45) is -4.63. The van der Waals surface area contributed by atoms with Crippen molar-refractivity contribution in [3.05, 3.63) is 100 Å². The lowest BCUT2D eigenvalue weighted by Crippen LogP contribution is -2.41. The van der Waals surface area contributed by atoms with E-state index in [0.717, 1.165) is 17.2 Å². The number of amides is 1. The van der Waals surface area contributed by atoms with Crippen LogP contribution in [0.2, 0.25) is 5.02 Å². The van der Waals surface area contributed by atoms with Gasteiger partial charge in [-0.2, -0.15) is 13.2 Å². The third-order valence-corrected chi connectivity index (χ3v) is 6.73. The summed E-state index contributed by atoms with van der Waals surface area (Å²) in [7, 11) is 2.83. The summed E-state index contributed by atoms with van der Waals surface area (Å²) in [6, 6.07) is 20.7. The van der Waals surface area contributed by atoms with Crippen LogP contribution < -0.4 is 4.74 Å². The van der Waals surface area contributed by atoms with Crippen molar-refractivity contribution in [1.82, 2.24) is 9.80 Å². The number of halogens is 4. The van der Waals surface area contributed by atoms with Crippen LogP contribution in [0.5, 0.6) is 5.75 Å². The van der Waals surface area contributed by atoms with Gasteiger partial charge < -0.3 is 9.64 Å². The van der Waals surface area contributed by atoms with Crippen molar-refractivity contribution in [2.75, 3.05) is 27.2 Å². The molecule has 1 amide bonds. The smallest absolute Gasteiger partial charge is 0.419 e. The molecule has 0 aromatic heterocycles. The van der Waals surface area contributed by atoms with E-state index in [2.05, 4.69) is 17.0 Å². The quantitative estimate of drug-likeness (QED) is 0.408. The van der Waals surface area contributed by atoms with E-state index in [1.807, 2.05) is 42.5 Å². The second kappa shape index (κ2) is 10.3. The maximum Gasteiger partial charge on any atom is 0.419 e. The Hall–Kier alpha value is -3.03. The number of hydrogen-bond acceptors (Lipinski definition) is 3. The maximum absolute atomic E-state index is 13.5. The van der Waals surface area contributed by atoms with Crippen LogP contribution in [0.25, 0.3) is 0 Å². The van der Waals surface area contributed by atoms with Crippen molar-refractivity contribution in [3.63, 3.8) is 0 Å². The molecule has 4 nitrogen and oxygen atoms in total. The summed E-state index contributed by atoms with van der Waals surface area (Å²) >= 11 is 6.08. The molecule has 8 heteroatoms. The average molecular weight is 503 g/mol. The molecular formula is C27H26ClF3N2O2. The minimum Gasteiger partial charge on any atom is -0.496 e. The van der Waals surface area contributed by atoms with Gasteiger partial charge in [0.15, 0.2) is 0 Å². The van der Waals surface area contributed by atoms with Crippen LogP contribution in [0.1, 0.15) is 33.0 Å². The summed E-state index contributed by atoms with van der Waals surface area (Å²) < 4.78 is 45.5. The fourth-order valence-corrected chi connectivity index (χ4v) is 4.81. The summed E-state index contributed by atoms with van der Waals surface area (Å²) in [5.74, 6) is -0.806. The number of likely N-dealkylation sites (tertiary alicyclic amines) is 1. The van der Waals surface area contributed by atoms with Gasteiger partial charge in [-0.3, -0.25) is 9.69 Å². The first kappa shape index (κ1) is 25.1. The zero-order valence-corrected chi connectivity index (χ0v) is 20.2. The molecule has 1 aliphatic heterocycles. The molecule has 0 N–H and O–H groups in total. The summed E-state index contributed by atoms with van der Waals surface area (Å²) in [5, 5.41) is 0.617. The monoisotopic (exact) mass is 502 g/mol. The predicted molar refractivity (Wildman–Crippen MR) is 130 cm³/mol. The van der Waals surface area contributed by atoms with E-state index < -0.39 is 17.6 Å². The average Bonchev–Trinajstić information content (AvgIpc) is 3.26. The maximum atomic E-state index is 13.5. The molecule has 1 saturated heterocycles. The molecule has 184 valence electrons. The lowest BCUT2D eigenvalue weighted by molar-refractivity contribution is -0.138. The topological polar surface area (TPSA) is 32.8 Å².